The Morgan fingerprint density at radius 3 is 2.42 bits per heavy atom. The average Bonchev–Trinajstić information content (AvgIpc) is 3.10. The fraction of sp³-hybridized carbons (Fsp3) is 0.871. The molecule has 9 atom stereocenters. The summed E-state index contributed by atoms with van der Waals surface area (Å²) in [5, 5.41) is 0. The predicted octanol–water partition coefficient (Wildman–Crippen LogP) is 9.47. The van der Waals surface area contributed by atoms with E-state index in [2.05, 4.69) is 66.7 Å². The Balaban J connectivity index is 1.51. The molecule has 3 fully saturated rings. The van der Waals surface area contributed by atoms with Gasteiger partial charge in [-0.3, -0.25) is 0 Å². The summed E-state index contributed by atoms with van der Waals surface area (Å²) < 4.78 is 0. The summed E-state index contributed by atoms with van der Waals surface area (Å²) in [5.74, 6) is 7.02. The summed E-state index contributed by atoms with van der Waals surface area (Å²) in [7, 11) is 0. The molecule has 0 spiro atoms. The van der Waals surface area contributed by atoms with Crippen LogP contribution < -0.4 is 0 Å². The molecule has 0 amide bonds. The molecule has 0 radical (unpaired) electrons. The number of hydrogen-bond acceptors (Lipinski definition) is 0. The maximum atomic E-state index is 2.76. The van der Waals surface area contributed by atoms with E-state index in [4.69, 9.17) is 0 Å². The first kappa shape index (κ1) is 23.6. The lowest BCUT2D eigenvalue weighted by molar-refractivity contribution is -0.0492. The number of fused-ring (bicyclic) bond motifs is 5. The Morgan fingerprint density at radius 2 is 1.74 bits per heavy atom. The van der Waals surface area contributed by atoms with Crippen LogP contribution in [0.2, 0.25) is 0 Å². The molecule has 3 saturated carbocycles. The van der Waals surface area contributed by atoms with Crippen LogP contribution in [0.3, 0.4) is 0 Å². The molecule has 176 valence electrons. The molecule has 0 aromatic rings. The number of hydrogen-bond donors (Lipinski definition) is 0. The molecular weight excluding hydrogens is 372 g/mol. The van der Waals surface area contributed by atoms with E-state index in [1.807, 2.05) is 5.57 Å². The molecule has 0 bridgehead atoms. The molecule has 0 heteroatoms. The summed E-state index contributed by atoms with van der Waals surface area (Å²) in [6, 6.07) is 0. The molecule has 31 heavy (non-hydrogen) atoms. The monoisotopic (exact) mass is 424 g/mol. The van der Waals surface area contributed by atoms with Gasteiger partial charge in [-0.05, 0) is 116 Å². The van der Waals surface area contributed by atoms with Crippen LogP contribution in [0.4, 0.5) is 0 Å². The van der Waals surface area contributed by atoms with Crippen molar-refractivity contribution < 1.29 is 0 Å². The van der Waals surface area contributed by atoms with Gasteiger partial charge in [-0.25, -0.2) is 0 Å². The van der Waals surface area contributed by atoms with Gasteiger partial charge in [-0.2, -0.15) is 0 Å². The van der Waals surface area contributed by atoms with E-state index in [9.17, 15) is 0 Å². The molecule has 9 unspecified atom stereocenters. The zero-order valence-electron chi connectivity index (χ0n) is 21.9. The lowest BCUT2D eigenvalue weighted by Gasteiger charge is -2.58. The highest BCUT2D eigenvalue weighted by Crippen LogP contribution is 2.67. The minimum Gasteiger partial charge on any atom is -0.0851 e. The second-order valence-corrected chi connectivity index (χ2v) is 13.1. The van der Waals surface area contributed by atoms with Crippen molar-refractivity contribution in [3.63, 3.8) is 0 Å². The van der Waals surface area contributed by atoms with Gasteiger partial charge in [0.05, 0.1) is 0 Å². The van der Waals surface area contributed by atoms with Crippen LogP contribution in [-0.2, 0) is 0 Å². The van der Waals surface area contributed by atoms with Crippen LogP contribution in [-0.4, -0.2) is 0 Å². The van der Waals surface area contributed by atoms with Gasteiger partial charge in [0.15, 0.2) is 0 Å². The van der Waals surface area contributed by atoms with Gasteiger partial charge < -0.3 is 0 Å². The van der Waals surface area contributed by atoms with Crippen LogP contribution in [0.1, 0.15) is 113 Å². The van der Waals surface area contributed by atoms with Gasteiger partial charge >= 0.3 is 0 Å². The standard InChI is InChI=1S/C31H52/c1-8-23-16-18-30(6)25(20-23)12-13-26-28-15-14-27(31(28,7)19-17-29(26)30)22(5)10-11-24(9-2)21(3)4/h10-12,21-24,26-29H,8-9,13-20H2,1-7H3/b11-10+. The second kappa shape index (κ2) is 9.02. The number of rotatable bonds is 6. The van der Waals surface area contributed by atoms with E-state index >= 15 is 0 Å². The Morgan fingerprint density at radius 1 is 0.968 bits per heavy atom. The lowest BCUT2D eigenvalue weighted by atomic mass is 9.46. The Labute approximate surface area is 194 Å². The van der Waals surface area contributed by atoms with Crippen LogP contribution in [0, 0.1) is 58.2 Å². The third-order valence-corrected chi connectivity index (χ3v) is 11.5. The Bertz CT molecular complexity index is 682. The summed E-state index contributed by atoms with van der Waals surface area (Å²) in [6.07, 6.45) is 22.4. The zero-order chi connectivity index (χ0) is 22.4. The molecule has 0 aromatic heterocycles. The van der Waals surface area contributed by atoms with Crippen molar-refractivity contribution in [2.24, 2.45) is 58.2 Å². The maximum Gasteiger partial charge on any atom is -0.00851 e. The van der Waals surface area contributed by atoms with E-state index in [1.54, 1.807) is 0 Å². The van der Waals surface area contributed by atoms with Crippen LogP contribution in [0.5, 0.6) is 0 Å². The molecule has 4 rings (SSSR count). The molecular formula is C31H52. The summed E-state index contributed by atoms with van der Waals surface area (Å²) in [5.41, 5.74) is 2.98. The molecule has 4 aliphatic carbocycles. The SMILES string of the molecule is CCC1CCC2(C)C(=CCC3C2CCC2(C)C(C(C)/C=C/C(CC)C(C)C)CCC32)C1. The quantitative estimate of drug-likeness (QED) is 0.372. The minimum absolute atomic E-state index is 0.533. The third kappa shape index (κ3) is 4.01. The first-order valence-electron chi connectivity index (χ1n) is 14.1. The zero-order valence-corrected chi connectivity index (χ0v) is 21.9. The van der Waals surface area contributed by atoms with Crippen LogP contribution >= 0.6 is 0 Å². The fourth-order valence-corrected chi connectivity index (χ4v) is 9.27. The van der Waals surface area contributed by atoms with Gasteiger partial charge in [0.25, 0.3) is 0 Å². The molecule has 0 aromatic carbocycles. The normalized spacial score (nSPS) is 44.5. The summed E-state index contributed by atoms with van der Waals surface area (Å²) in [4.78, 5) is 0. The Hall–Kier alpha value is -0.520. The van der Waals surface area contributed by atoms with E-state index in [0.29, 0.717) is 10.8 Å². The molecule has 0 saturated heterocycles. The fourth-order valence-electron chi connectivity index (χ4n) is 9.27. The van der Waals surface area contributed by atoms with Crippen molar-refractivity contribution in [1.82, 2.24) is 0 Å². The highest BCUT2D eigenvalue weighted by molar-refractivity contribution is 5.25. The van der Waals surface area contributed by atoms with Crippen molar-refractivity contribution in [1.29, 1.82) is 0 Å². The van der Waals surface area contributed by atoms with Crippen molar-refractivity contribution in [3.8, 4) is 0 Å². The molecule has 4 aliphatic rings. The first-order valence-corrected chi connectivity index (χ1v) is 14.1. The van der Waals surface area contributed by atoms with Gasteiger partial charge in [0.2, 0.25) is 0 Å². The lowest BCUT2D eigenvalue weighted by Crippen LogP contribution is -2.50. The van der Waals surface area contributed by atoms with E-state index in [-0.39, 0.29) is 0 Å². The van der Waals surface area contributed by atoms with E-state index in [1.165, 1.54) is 64.2 Å². The smallest absolute Gasteiger partial charge is 0.00851 e. The van der Waals surface area contributed by atoms with Crippen LogP contribution in [0.25, 0.3) is 0 Å². The molecule has 0 N–H and O–H groups in total. The van der Waals surface area contributed by atoms with Crippen LogP contribution in [0.15, 0.2) is 23.8 Å². The molecule has 0 aliphatic heterocycles. The molecule has 0 nitrogen and oxygen atoms in total. The summed E-state index contributed by atoms with van der Waals surface area (Å²) in [6.45, 7) is 17.5. The second-order valence-electron chi connectivity index (χ2n) is 13.1. The predicted molar refractivity (Wildman–Crippen MR) is 136 cm³/mol. The van der Waals surface area contributed by atoms with Gasteiger partial charge in [-0.1, -0.05) is 78.7 Å². The minimum atomic E-state index is 0.533. The topological polar surface area (TPSA) is 0 Å². The Kier molecular flexibility index (Phi) is 6.88. The highest BCUT2D eigenvalue weighted by Gasteiger charge is 2.58. The first-order chi connectivity index (χ1) is 14.7. The van der Waals surface area contributed by atoms with Crippen molar-refractivity contribution in [2.75, 3.05) is 0 Å². The van der Waals surface area contributed by atoms with Gasteiger partial charge in [0.1, 0.15) is 0 Å². The van der Waals surface area contributed by atoms with Gasteiger partial charge in [0, 0.05) is 0 Å². The van der Waals surface area contributed by atoms with Crippen molar-refractivity contribution >= 4 is 0 Å². The third-order valence-electron chi connectivity index (χ3n) is 11.5. The number of allylic oxidation sites excluding steroid dienone is 4. The van der Waals surface area contributed by atoms with Crippen molar-refractivity contribution in [2.45, 2.75) is 113 Å². The van der Waals surface area contributed by atoms with E-state index < -0.39 is 0 Å². The maximum absolute atomic E-state index is 2.76. The summed E-state index contributed by atoms with van der Waals surface area (Å²) >= 11 is 0. The van der Waals surface area contributed by atoms with E-state index in [0.717, 1.165) is 47.3 Å². The van der Waals surface area contributed by atoms with Crippen molar-refractivity contribution in [3.05, 3.63) is 23.8 Å². The highest BCUT2D eigenvalue weighted by atomic mass is 14.6. The van der Waals surface area contributed by atoms with Gasteiger partial charge in [-0.15, -0.1) is 0 Å². The average molecular weight is 425 g/mol. The molecule has 0 heterocycles. The largest absolute Gasteiger partial charge is 0.0851 e.